The number of carbonyl (C=O) groups is 1. The first-order valence-electron chi connectivity index (χ1n) is 7.50. The number of piperidine rings is 1. The van der Waals surface area contributed by atoms with E-state index in [1.807, 2.05) is 6.92 Å². The quantitative estimate of drug-likeness (QED) is 0.880. The van der Waals surface area contributed by atoms with E-state index in [2.05, 4.69) is 4.98 Å². The fourth-order valence-electron chi connectivity index (χ4n) is 2.86. The number of rotatable bonds is 1. The molecule has 2 unspecified atom stereocenters. The van der Waals surface area contributed by atoms with Gasteiger partial charge in [0.1, 0.15) is 5.82 Å². The van der Waals surface area contributed by atoms with Crippen molar-refractivity contribution in [3.05, 3.63) is 41.3 Å². The molecule has 1 fully saturated rings. The van der Waals surface area contributed by atoms with Gasteiger partial charge in [0.05, 0.1) is 22.9 Å². The molecular formula is C17H19FN2O2. The standard InChI is InChI=1S/C17H19FN2O2/c1-10-5-6-20(9-16(10)21)17(22)14-7-12-3-4-13(18)8-15(12)19-11(14)2/h3-4,7-8,10,16,21H,5-6,9H2,1-2H3. The highest BCUT2D eigenvalue weighted by atomic mass is 19.1. The second-order valence-corrected chi connectivity index (χ2v) is 6.04. The third kappa shape index (κ3) is 2.68. The van der Waals surface area contributed by atoms with Crippen LogP contribution in [0.25, 0.3) is 10.9 Å². The highest BCUT2D eigenvalue weighted by Crippen LogP contribution is 2.22. The molecule has 4 nitrogen and oxygen atoms in total. The molecule has 116 valence electrons. The average molecular weight is 302 g/mol. The predicted molar refractivity (Wildman–Crippen MR) is 82.1 cm³/mol. The zero-order valence-corrected chi connectivity index (χ0v) is 12.7. The first-order valence-corrected chi connectivity index (χ1v) is 7.50. The number of benzene rings is 1. The molecule has 22 heavy (non-hydrogen) atoms. The Bertz CT molecular complexity index is 732. The van der Waals surface area contributed by atoms with Gasteiger partial charge >= 0.3 is 0 Å². The van der Waals surface area contributed by atoms with Crippen molar-refractivity contribution in [1.29, 1.82) is 0 Å². The van der Waals surface area contributed by atoms with E-state index in [4.69, 9.17) is 0 Å². The third-order valence-electron chi connectivity index (χ3n) is 4.41. The number of pyridine rings is 1. The SMILES string of the molecule is Cc1nc2cc(F)ccc2cc1C(=O)N1CCC(C)C(O)C1. The molecule has 1 aliphatic rings. The van der Waals surface area contributed by atoms with Crippen LogP contribution in [0, 0.1) is 18.7 Å². The Morgan fingerprint density at radius 2 is 2.18 bits per heavy atom. The molecule has 0 saturated carbocycles. The van der Waals surface area contributed by atoms with E-state index in [-0.39, 0.29) is 17.6 Å². The highest BCUT2D eigenvalue weighted by molar-refractivity contribution is 5.98. The Kier molecular flexibility index (Phi) is 3.83. The lowest BCUT2D eigenvalue weighted by atomic mass is 9.95. The van der Waals surface area contributed by atoms with Crippen molar-refractivity contribution in [3.8, 4) is 0 Å². The van der Waals surface area contributed by atoms with Gasteiger partial charge in [-0.25, -0.2) is 4.39 Å². The van der Waals surface area contributed by atoms with Crippen LogP contribution >= 0.6 is 0 Å². The largest absolute Gasteiger partial charge is 0.391 e. The summed E-state index contributed by atoms with van der Waals surface area (Å²) in [5.41, 5.74) is 1.64. The van der Waals surface area contributed by atoms with Crippen molar-refractivity contribution in [3.63, 3.8) is 0 Å². The first kappa shape index (κ1) is 14.9. The molecule has 1 aromatic heterocycles. The summed E-state index contributed by atoms with van der Waals surface area (Å²) < 4.78 is 13.3. The molecule has 0 bridgehead atoms. The Morgan fingerprint density at radius 3 is 2.91 bits per heavy atom. The smallest absolute Gasteiger partial charge is 0.255 e. The van der Waals surface area contributed by atoms with Gasteiger partial charge in [-0.05, 0) is 37.5 Å². The van der Waals surface area contributed by atoms with E-state index in [1.165, 1.54) is 12.1 Å². The molecule has 2 heterocycles. The summed E-state index contributed by atoms with van der Waals surface area (Å²) >= 11 is 0. The Morgan fingerprint density at radius 1 is 1.41 bits per heavy atom. The number of nitrogens with zero attached hydrogens (tertiary/aromatic N) is 2. The summed E-state index contributed by atoms with van der Waals surface area (Å²) in [5, 5.41) is 10.7. The van der Waals surface area contributed by atoms with Crippen LogP contribution in [0.4, 0.5) is 4.39 Å². The molecule has 5 heteroatoms. The van der Waals surface area contributed by atoms with Crippen LogP contribution in [-0.2, 0) is 0 Å². The lowest BCUT2D eigenvalue weighted by molar-refractivity contribution is 0.0248. The highest BCUT2D eigenvalue weighted by Gasteiger charge is 2.28. The van der Waals surface area contributed by atoms with Crippen LogP contribution in [0.1, 0.15) is 29.4 Å². The van der Waals surface area contributed by atoms with Gasteiger partial charge in [0.2, 0.25) is 0 Å². The molecular weight excluding hydrogens is 283 g/mol. The molecule has 1 amide bonds. The number of β-amino-alcohol motifs (C(OH)–C–C–N with tert-alkyl or cyclic N) is 1. The topological polar surface area (TPSA) is 53.4 Å². The van der Waals surface area contributed by atoms with Crippen LogP contribution in [0.5, 0.6) is 0 Å². The fraction of sp³-hybridized carbons (Fsp3) is 0.412. The van der Waals surface area contributed by atoms with Gasteiger partial charge in [-0.3, -0.25) is 9.78 Å². The van der Waals surface area contributed by atoms with Crippen molar-refractivity contribution >= 4 is 16.8 Å². The third-order valence-corrected chi connectivity index (χ3v) is 4.41. The summed E-state index contributed by atoms with van der Waals surface area (Å²) in [6.07, 6.45) is 0.304. The summed E-state index contributed by atoms with van der Waals surface area (Å²) in [5.74, 6) is -0.253. The molecule has 1 aromatic carbocycles. The maximum Gasteiger partial charge on any atom is 0.255 e. The van der Waals surface area contributed by atoms with Gasteiger partial charge in [0.25, 0.3) is 5.91 Å². The van der Waals surface area contributed by atoms with Crippen molar-refractivity contribution in [2.45, 2.75) is 26.4 Å². The van der Waals surface area contributed by atoms with Crippen molar-refractivity contribution in [2.24, 2.45) is 5.92 Å². The molecule has 1 saturated heterocycles. The number of aryl methyl sites for hydroxylation is 1. The summed E-state index contributed by atoms with van der Waals surface area (Å²) in [4.78, 5) is 18.7. The molecule has 0 radical (unpaired) electrons. The zero-order chi connectivity index (χ0) is 15.9. The Labute approximate surface area is 128 Å². The molecule has 2 atom stereocenters. The molecule has 3 rings (SSSR count). The lowest BCUT2D eigenvalue weighted by Crippen LogP contribution is -2.46. The second kappa shape index (κ2) is 5.65. The van der Waals surface area contributed by atoms with Crippen LogP contribution in [-0.4, -0.2) is 40.1 Å². The zero-order valence-electron chi connectivity index (χ0n) is 12.7. The molecule has 2 aromatic rings. The van der Waals surface area contributed by atoms with E-state index in [0.717, 1.165) is 11.8 Å². The number of hydrogen-bond donors (Lipinski definition) is 1. The number of hydrogen-bond acceptors (Lipinski definition) is 3. The maximum absolute atomic E-state index is 13.3. The molecule has 1 N–H and O–H groups in total. The van der Waals surface area contributed by atoms with Gasteiger partial charge in [-0.1, -0.05) is 6.92 Å². The van der Waals surface area contributed by atoms with Crippen molar-refractivity contribution in [1.82, 2.24) is 9.88 Å². The maximum atomic E-state index is 13.3. The van der Waals surface area contributed by atoms with Gasteiger partial charge in [-0.2, -0.15) is 0 Å². The minimum Gasteiger partial charge on any atom is -0.391 e. The van der Waals surface area contributed by atoms with Crippen LogP contribution in [0.15, 0.2) is 24.3 Å². The van der Waals surface area contributed by atoms with E-state index in [9.17, 15) is 14.3 Å². The van der Waals surface area contributed by atoms with E-state index in [0.29, 0.717) is 29.9 Å². The Hall–Kier alpha value is -2.01. The average Bonchev–Trinajstić information content (AvgIpc) is 2.48. The van der Waals surface area contributed by atoms with Crippen LogP contribution in [0.3, 0.4) is 0 Å². The fourth-order valence-corrected chi connectivity index (χ4v) is 2.86. The molecule has 0 spiro atoms. The number of fused-ring (bicyclic) bond motifs is 1. The monoisotopic (exact) mass is 302 g/mol. The van der Waals surface area contributed by atoms with Crippen LogP contribution < -0.4 is 0 Å². The summed E-state index contributed by atoms with van der Waals surface area (Å²) in [7, 11) is 0. The molecule has 0 aliphatic carbocycles. The second-order valence-electron chi connectivity index (χ2n) is 6.04. The van der Waals surface area contributed by atoms with Gasteiger partial charge in [0.15, 0.2) is 0 Å². The predicted octanol–water partition coefficient (Wildman–Crippen LogP) is 2.53. The van der Waals surface area contributed by atoms with Crippen LogP contribution in [0.2, 0.25) is 0 Å². The number of halogens is 1. The van der Waals surface area contributed by atoms with E-state index in [1.54, 1.807) is 24.0 Å². The minimum atomic E-state index is -0.486. The van der Waals surface area contributed by atoms with Crippen molar-refractivity contribution in [2.75, 3.05) is 13.1 Å². The number of amides is 1. The lowest BCUT2D eigenvalue weighted by Gasteiger charge is -2.34. The summed E-state index contributed by atoms with van der Waals surface area (Å²) in [6, 6.07) is 6.10. The van der Waals surface area contributed by atoms with E-state index < -0.39 is 6.10 Å². The van der Waals surface area contributed by atoms with Gasteiger partial charge in [0, 0.05) is 24.5 Å². The number of likely N-dealkylation sites (tertiary alicyclic amines) is 1. The first-order chi connectivity index (χ1) is 10.5. The number of aromatic nitrogens is 1. The number of aliphatic hydroxyl groups excluding tert-OH is 1. The summed E-state index contributed by atoms with van der Waals surface area (Å²) in [6.45, 7) is 4.73. The van der Waals surface area contributed by atoms with Crippen molar-refractivity contribution < 1.29 is 14.3 Å². The van der Waals surface area contributed by atoms with Gasteiger partial charge < -0.3 is 10.0 Å². The van der Waals surface area contributed by atoms with E-state index >= 15 is 0 Å². The minimum absolute atomic E-state index is 0.123. The number of carbonyl (C=O) groups excluding carboxylic acids is 1. The number of aliphatic hydroxyl groups is 1. The normalized spacial score (nSPS) is 22.1. The van der Waals surface area contributed by atoms with Gasteiger partial charge in [-0.15, -0.1) is 0 Å². The Balaban J connectivity index is 1.94. The molecule has 1 aliphatic heterocycles.